The zero-order chi connectivity index (χ0) is 12.0. The van der Waals surface area contributed by atoms with E-state index < -0.39 is 6.29 Å². The lowest BCUT2D eigenvalue weighted by Gasteiger charge is -2.12. The van der Waals surface area contributed by atoms with Crippen LogP contribution in [0.5, 0.6) is 0 Å². The second kappa shape index (κ2) is 6.01. The molecule has 1 rings (SSSR count). The van der Waals surface area contributed by atoms with Crippen molar-refractivity contribution in [2.24, 2.45) is 0 Å². The predicted molar refractivity (Wildman–Crippen MR) is 57.9 cm³/mol. The molecule has 4 heteroatoms. The molecule has 84 valence electrons. The first-order valence-corrected chi connectivity index (χ1v) is 4.80. The lowest BCUT2D eigenvalue weighted by atomic mass is 10.1. The fourth-order valence-electron chi connectivity index (χ4n) is 1.29. The van der Waals surface area contributed by atoms with Crippen LogP contribution in [0.2, 0.25) is 0 Å². The highest BCUT2D eigenvalue weighted by atomic mass is 16.7. The summed E-state index contributed by atoms with van der Waals surface area (Å²) >= 11 is 0. The van der Waals surface area contributed by atoms with Crippen LogP contribution in [0.25, 0.3) is 0 Å². The molecule has 0 spiro atoms. The van der Waals surface area contributed by atoms with Crippen molar-refractivity contribution < 1.29 is 14.3 Å². The van der Waals surface area contributed by atoms with Crippen LogP contribution in [0, 0.1) is 11.3 Å². The maximum atomic E-state index is 11.8. The molecule has 0 fully saturated rings. The second-order valence-corrected chi connectivity index (χ2v) is 3.22. The summed E-state index contributed by atoms with van der Waals surface area (Å²) in [6.45, 7) is 0. The van der Waals surface area contributed by atoms with E-state index >= 15 is 0 Å². The highest BCUT2D eigenvalue weighted by molar-refractivity contribution is 5.96. The van der Waals surface area contributed by atoms with Gasteiger partial charge in [-0.2, -0.15) is 5.26 Å². The fourth-order valence-corrected chi connectivity index (χ4v) is 1.29. The summed E-state index contributed by atoms with van der Waals surface area (Å²) < 4.78 is 9.88. The predicted octanol–water partition coefficient (Wildman–Crippen LogP) is 1.75. The molecule has 0 saturated carbocycles. The smallest absolute Gasteiger partial charge is 0.167 e. The number of hydrogen-bond donors (Lipinski definition) is 0. The van der Waals surface area contributed by atoms with Gasteiger partial charge in [-0.1, -0.05) is 12.1 Å². The van der Waals surface area contributed by atoms with Gasteiger partial charge in [-0.15, -0.1) is 0 Å². The van der Waals surface area contributed by atoms with Gasteiger partial charge < -0.3 is 9.47 Å². The largest absolute Gasteiger partial charge is 0.355 e. The summed E-state index contributed by atoms with van der Waals surface area (Å²) in [6.07, 6.45) is -0.403. The Morgan fingerprint density at radius 1 is 1.44 bits per heavy atom. The molecule has 0 amide bonds. The van der Waals surface area contributed by atoms with Crippen molar-refractivity contribution in [3.8, 4) is 6.07 Å². The first-order valence-electron chi connectivity index (χ1n) is 4.80. The van der Waals surface area contributed by atoms with Gasteiger partial charge in [0.1, 0.15) is 0 Å². The number of ether oxygens (including phenoxy) is 2. The summed E-state index contributed by atoms with van der Waals surface area (Å²) in [7, 11) is 2.96. The zero-order valence-corrected chi connectivity index (χ0v) is 9.27. The minimum Gasteiger partial charge on any atom is -0.355 e. The molecule has 4 nitrogen and oxygen atoms in total. The summed E-state index contributed by atoms with van der Waals surface area (Å²) in [5, 5.41) is 8.71. The molecule has 0 atom stereocenters. The molecule has 0 aliphatic carbocycles. The molecule has 16 heavy (non-hydrogen) atoms. The van der Waals surface area contributed by atoms with Gasteiger partial charge in [0.2, 0.25) is 0 Å². The van der Waals surface area contributed by atoms with Gasteiger partial charge in [-0.3, -0.25) is 4.79 Å². The number of Topliss-reactive ketones (excluding diaryl/α,β-unsaturated/α-hetero) is 1. The summed E-state index contributed by atoms with van der Waals surface area (Å²) in [5.41, 5.74) is 0.968. The van der Waals surface area contributed by atoms with Gasteiger partial charge in [0.15, 0.2) is 12.1 Å². The van der Waals surface area contributed by atoms with Crippen molar-refractivity contribution >= 4 is 5.78 Å². The van der Waals surface area contributed by atoms with E-state index in [0.717, 1.165) is 0 Å². The van der Waals surface area contributed by atoms with Crippen molar-refractivity contribution in [2.45, 2.75) is 12.7 Å². The highest BCUT2D eigenvalue weighted by Gasteiger charge is 2.14. The molecule has 0 heterocycles. The third-order valence-corrected chi connectivity index (χ3v) is 2.19. The molecule has 0 radical (unpaired) electrons. The number of benzene rings is 1. The molecule has 0 aliphatic heterocycles. The van der Waals surface area contributed by atoms with E-state index in [9.17, 15) is 4.79 Å². The van der Waals surface area contributed by atoms with Crippen LogP contribution < -0.4 is 0 Å². The van der Waals surface area contributed by atoms with Crippen molar-refractivity contribution in [3.05, 3.63) is 35.4 Å². The summed E-state index contributed by atoms with van der Waals surface area (Å²) in [6, 6.07) is 8.56. The topological polar surface area (TPSA) is 59.3 Å². The van der Waals surface area contributed by atoms with Gasteiger partial charge in [-0.25, -0.2) is 0 Å². The quantitative estimate of drug-likeness (QED) is 0.559. The molecular formula is C12H13NO3. The van der Waals surface area contributed by atoms with Crippen LogP contribution in [-0.2, 0) is 9.47 Å². The first kappa shape index (κ1) is 12.4. The number of ketones is 1. The van der Waals surface area contributed by atoms with E-state index in [1.54, 1.807) is 24.3 Å². The molecule has 0 N–H and O–H groups in total. The van der Waals surface area contributed by atoms with Gasteiger partial charge in [0.25, 0.3) is 0 Å². The first-order chi connectivity index (χ1) is 7.71. The Bertz CT molecular complexity index is 405. The maximum Gasteiger partial charge on any atom is 0.167 e. The highest BCUT2D eigenvalue weighted by Crippen LogP contribution is 2.10. The number of nitrogens with zero attached hydrogens (tertiary/aromatic N) is 1. The Balaban J connectivity index is 2.77. The van der Waals surface area contributed by atoms with Gasteiger partial charge >= 0.3 is 0 Å². The van der Waals surface area contributed by atoms with Crippen LogP contribution in [-0.4, -0.2) is 26.3 Å². The maximum absolute atomic E-state index is 11.8. The summed E-state index contributed by atoms with van der Waals surface area (Å²) in [5.74, 6) is -0.106. The zero-order valence-electron chi connectivity index (χ0n) is 9.27. The number of methoxy groups -OCH3 is 2. The molecule has 0 saturated heterocycles. The minimum atomic E-state index is -0.543. The van der Waals surface area contributed by atoms with Crippen molar-refractivity contribution in [2.75, 3.05) is 14.2 Å². The second-order valence-electron chi connectivity index (χ2n) is 3.22. The molecule has 0 aliphatic rings. The van der Waals surface area contributed by atoms with Gasteiger partial charge in [0, 0.05) is 19.8 Å². The van der Waals surface area contributed by atoms with E-state index in [0.29, 0.717) is 11.1 Å². The van der Waals surface area contributed by atoms with Crippen LogP contribution in [0.1, 0.15) is 22.3 Å². The van der Waals surface area contributed by atoms with E-state index in [4.69, 9.17) is 14.7 Å². The number of nitriles is 1. The number of hydrogen-bond acceptors (Lipinski definition) is 4. The van der Waals surface area contributed by atoms with Crippen molar-refractivity contribution in [1.82, 2.24) is 0 Å². The average Bonchev–Trinajstić information content (AvgIpc) is 2.35. The number of carbonyl (C=O) groups is 1. The van der Waals surface area contributed by atoms with Crippen molar-refractivity contribution in [3.63, 3.8) is 0 Å². The molecule has 1 aromatic carbocycles. The molecule has 0 unspecified atom stereocenters. The van der Waals surface area contributed by atoms with E-state index in [1.165, 1.54) is 14.2 Å². The van der Waals surface area contributed by atoms with Crippen LogP contribution in [0.4, 0.5) is 0 Å². The number of rotatable bonds is 5. The van der Waals surface area contributed by atoms with Gasteiger partial charge in [-0.05, 0) is 12.1 Å². The standard InChI is InChI=1S/C12H13NO3/c1-15-12(16-2)7-11(14)10-5-3-4-9(6-10)8-13/h3-6,12H,7H2,1-2H3. The monoisotopic (exact) mass is 219 g/mol. The van der Waals surface area contributed by atoms with Gasteiger partial charge in [0.05, 0.1) is 18.1 Å². The van der Waals surface area contributed by atoms with E-state index in [2.05, 4.69) is 0 Å². The fraction of sp³-hybridized carbons (Fsp3) is 0.333. The van der Waals surface area contributed by atoms with Crippen LogP contribution in [0.3, 0.4) is 0 Å². The Morgan fingerprint density at radius 3 is 2.69 bits per heavy atom. The summed E-state index contributed by atoms with van der Waals surface area (Å²) in [4.78, 5) is 11.8. The Labute approximate surface area is 94.4 Å². The van der Waals surface area contributed by atoms with E-state index in [1.807, 2.05) is 6.07 Å². The van der Waals surface area contributed by atoms with Crippen LogP contribution >= 0.6 is 0 Å². The molecular weight excluding hydrogens is 206 g/mol. The SMILES string of the molecule is COC(CC(=O)c1cccc(C#N)c1)OC. The molecule has 0 aromatic heterocycles. The minimum absolute atomic E-state index is 0.106. The Morgan fingerprint density at radius 2 is 2.12 bits per heavy atom. The third-order valence-electron chi connectivity index (χ3n) is 2.19. The van der Waals surface area contributed by atoms with Crippen LogP contribution in [0.15, 0.2) is 24.3 Å². The lowest BCUT2D eigenvalue weighted by Crippen LogP contribution is -2.18. The molecule has 0 bridgehead atoms. The number of carbonyl (C=O) groups excluding carboxylic acids is 1. The Hall–Kier alpha value is -1.70. The molecule has 1 aromatic rings. The average molecular weight is 219 g/mol. The third kappa shape index (κ3) is 3.16. The van der Waals surface area contributed by atoms with Crippen molar-refractivity contribution in [1.29, 1.82) is 5.26 Å². The lowest BCUT2D eigenvalue weighted by molar-refractivity contribution is -0.0993. The Kier molecular flexibility index (Phi) is 4.65. The normalized spacial score (nSPS) is 10.1. The van der Waals surface area contributed by atoms with E-state index in [-0.39, 0.29) is 12.2 Å².